The first kappa shape index (κ1) is 16.4. The molecule has 0 bridgehead atoms. The quantitative estimate of drug-likeness (QED) is 0.887. The molecule has 2 aromatic rings. The molecule has 0 radical (unpaired) electrons. The van der Waals surface area contributed by atoms with E-state index in [9.17, 15) is 13.4 Å². The van der Waals surface area contributed by atoms with Crippen molar-refractivity contribution in [3.63, 3.8) is 0 Å². The summed E-state index contributed by atoms with van der Waals surface area (Å²) >= 11 is 0. The van der Waals surface area contributed by atoms with Crippen molar-refractivity contribution >= 4 is 22.4 Å². The lowest BCUT2D eigenvalue weighted by molar-refractivity contribution is -0.115. The molecular formula is C17H18FNO2S. The van der Waals surface area contributed by atoms with Gasteiger partial charge in [-0.15, -0.1) is 0 Å². The van der Waals surface area contributed by atoms with Gasteiger partial charge in [-0.25, -0.2) is 4.39 Å². The second kappa shape index (κ2) is 7.84. The third-order valence-corrected chi connectivity index (χ3v) is 4.41. The van der Waals surface area contributed by atoms with Crippen LogP contribution in [-0.4, -0.2) is 15.9 Å². The molecule has 0 aromatic heterocycles. The molecule has 116 valence electrons. The van der Waals surface area contributed by atoms with E-state index in [4.69, 9.17) is 0 Å². The Kier molecular flexibility index (Phi) is 5.83. The molecule has 0 saturated heterocycles. The number of amides is 1. The third-order valence-electron chi connectivity index (χ3n) is 3.09. The van der Waals surface area contributed by atoms with Crippen LogP contribution in [0.3, 0.4) is 0 Å². The number of benzene rings is 2. The zero-order chi connectivity index (χ0) is 15.9. The van der Waals surface area contributed by atoms with Gasteiger partial charge in [0.2, 0.25) is 5.91 Å². The van der Waals surface area contributed by atoms with E-state index >= 15 is 0 Å². The van der Waals surface area contributed by atoms with Crippen LogP contribution in [-0.2, 0) is 21.3 Å². The van der Waals surface area contributed by atoms with Crippen molar-refractivity contribution < 1.29 is 13.4 Å². The lowest BCUT2D eigenvalue weighted by Gasteiger charge is -2.06. The van der Waals surface area contributed by atoms with Gasteiger partial charge in [-0.05, 0) is 36.8 Å². The van der Waals surface area contributed by atoms with Crippen LogP contribution >= 0.6 is 0 Å². The lowest BCUT2D eigenvalue weighted by Crippen LogP contribution is -2.15. The number of hydrogen-bond acceptors (Lipinski definition) is 2. The maximum absolute atomic E-state index is 12.8. The number of halogens is 1. The number of carbonyl (C=O) groups excluding carboxylic acids is 1. The predicted molar refractivity (Wildman–Crippen MR) is 87.5 cm³/mol. The summed E-state index contributed by atoms with van der Waals surface area (Å²) < 4.78 is 24.8. The first-order chi connectivity index (χ1) is 10.5. The smallest absolute Gasteiger partial charge is 0.225 e. The summed E-state index contributed by atoms with van der Waals surface area (Å²) in [5.74, 6) is 0.188. The maximum Gasteiger partial charge on any atom is 0.225 e. The summed E-state index contributed by atoms with van der Waals surface area (Å²) in [6.45, 7) is 1.99. The van der Waals surface area contributed by atoms with Gasteiger partial charge in [-0.1, -0.05) is 29.8 Å². The van der Waals surface area contributed by atoms with Gasteiger partial charge in [-0.2, -0.15) is 0 Å². The van der Waals surface area contributed by atoms with Crippen molar-refractivity contribution in [1.29, 1.82) is 0 Å². The average molecular weight is 319 g/mol. The van der Waals surface area contributed by atoms with E-state index < -0.39 is 10.8 Å². The van der Waals surface area contributed by atoms with Gasteiger partial charge in [0.1, 0.15) is 5.82 Å². The van der Waals surface area contributed by atoms with Crippen LogP contribution in [0, 0.1) is 12.7 Å². The minimum Gasteiger partial charge on any atom is -0.326 e. The molecule has 2 aromatic carbocycles. The van der Waals surface area contributed by atoms with Crippen molar-refractivity contribution in [2.24, 2.45) is 0 Å². The molecular weight excluding hydrogens is 301 g/mol. The summed E-state index contributed by atoms with van der Waals surface area (Å²) in [7, 11) is -1.08. The first-order valence-corrected chi connectivity index (χ1v) is 8.47. The Hall–Kier alpha value is -2.01. The van der Waals surface area contributed by atoms with E-state index in [1.54, 1.807) is 0 Å². The second-order valence-electron chi connectivity index (χ2n) is 5.08. The van der Waals surface area contributed by atoms with E-state index in [1.165, 1.54) is 24.3 Å². The van der Waals surface area contributed by atoms with Crippen LogP contribution in [0.25, 0.3) is 0 Å². The fraction of sp³-hybridized carbons (Fsp3) is 0.235. The fourth-order valence-corrected chi connectivity index (χ4v) is 3.13. The molecule has 1 atom stereocenters. The number of aryl methyl sites for hydroxylation is 1. The van der Waals surface area contributed by atoms with E-state index in [2.05, 4.69) is 5.32 Å². The van der Waals surface area contributed by atoms with Gasteiger partial charge in [0.25, 0.3) is 0 Å². The van der Waals surface area contributed by atoms with Crippen LogP contribution in [0.4, 0.5) is 10.1 Å². The van der Waals surface area contributed by atoms with Gasteiger partial charge in [0.15, 0.2) is 0 Å². The number of nitrogens with one attached hydrogen (secondary N) is 1. The maximum atomic E-state index is 12.8. The summed E-state index contributed by atoms with van der Waals surface area (Å²) in [5, 5.41) is 2.66. The lowest BCUT2D eigenvalue weighted by atomic mass is 10.2. The molecule has 1 unspecified atom stereocenters. The summed E-state index contributed by atoms with van der Waals surface area (Å²) in [5.41, 5.74) is 2.68. The van der Waals surface area contributed by atoms with E-state index in [-0.39, 0.29) is 18.1 Å². The van der Waals surface area contributed by atoms with Gasteiger partial charge in [-0.3, -0.25) is 9.00 Å². The van der Waals surface area contributed by atoms with Gasteiger partial charge < -0.3 is 5.32 Å². The standard InChI is InChI=1S/C17H18FNO2S/c1-13-3-2-4-14(11-13)12-22(21)10-9-17(20)19-16-7-5-15(18)6-8-16/h2-8,11H,9-10,12H2,1H3,(H,19,20). The number of carbonyl (C=O) groups is 1. The monoisotopic (exact) mass is 319 g/mol. The number of anilines is 1. The third kappa shape index (κ3) is 5.41. The fourth-order valence-electron chi connectivity index (χ4n) is 2.02. The van der Waals surface area contributed by atoms with Gasteiger partial charge in [0.05, 0.1) is 0 Å². The molecule has 0 aliphatic carbocycles. The van der Waals surface area contributed by atoms with Crippen molar-refractivity contribution in [2.45, 2.75) is 19.1 Å². The van der Waals surface area contributed by atoms with Crippen LogP contribution in [0.2, 0.25) is 0 Å². The van der Waals surface area contributed by atoms with E-state index in [0.717, 1.165) is 11.1 Å². The van der Waals surface area contributed by atoms with Gasteiger partial charge >= 0.3 is 0 Å². The Morgan fingerprint density at radius 1 is 1.18 bits per heavy atom. The summed E-state index contributed by atoms with van der Waals surface area (Å²) in [6, 6.07) is 13.4. The highest BCUT2D eigenvalue weighted by atomic mass is 32.2. The highest BCUT2D eigenvalue weighted by Crippen LogP contribution is 2.10. The zero-order valence-corrected chi connectivity index (χ0v) is 13.2. The van der Waals surface area contributed by atoms with Crippen LogP contribution in [0.5, 0.6) is 0 Å². The minimum absolute atomic E-state index is 0.176. The molecule has 0 aliphatic heterocycles. The second-order valence-corrected chi connectivity index (χ2v) is 6.66. The molecule has 0 spiro atoms. The first-order valence-electron chi connectivity index (χ1n) is 6.99. The molecule has 5 heteroatoms. The average Bonchev–Trinajstić information content (AvgIpc) is 2.48. The highest BCUT2D eigenvalue weighted by Gasteiger charge is 2.07. The van der Waals surface area contributed by atoms with Crippen LogP contribution in [0.15, 0.2) is 48.5 Å². The summed E-state index contributed by atoms with van der Waals surface area (Å²) in [4.78, 5) is 11.8. The van der Waals surface area contributed by atoms with Gasteiger partial charge in [0, 0.05) is 34.4 Å². The zero-order valence-electron chi connectivity index (χ0n) is 12.3. The Labute approximate surface area is 132 Å². The molecule has 1 N–H and O–H groups in total. The Morgan fingerprint density at radius 3 is 2.59 bits per heavy atom. The molecule has 0 heterocycles. The number of hydrogen-bond donors (Lipinski definition) is 1. The Morgan fingerprint density at radius 2 is 1.91 bits per heavy atom. The predicted octanol–water partition coefficient (Wildman–Crippen LogP) is 3.41. The van der Waals surface area contributed by atoms with Crippen molar-refractivity contribution in [3.05, 3.63) is 65.5 Å². The SMILES string of the molecule is Cc1cccc(CS(=O)CCC(=O)Nc2ccc(F)cc2)c1. The molecule has 0 aliphatic rings. The molecule has 1 amide bonds. The van der Waals surface area contributed by atoms with Crippen LogP contribution in [0.1, 0.15) is 17.5 Å². The van der Waals surface area contributed by atoms with E-state index in [1.807, 2.05) is 31.2 Å². The molecule has 2 rings (SSSR count). The van der Waals surface area contributed by atoms with Crippen molar-refractivity contribution in [1.82, 2.24) is 0 Å². The molecule has 0 saturated carbocycles. The molecule has 22 heavy (non-hydrogen) atoms. The number of rotatable bonds is 6. The Bertz CT molecular complexity index is 671. The highest BCUT2D eigenvalue weighted by molar-refractivity contribution is 7.84. The minimum atomic E-state index is -1.08. The summed E-state index contributed by atoms with van der Waals surface area (Å²) in [6.07, 6.45) is 0.176. The molecule has 0 fully saturated rings. The molecule has 3 nitrogen and oxygen atoms in total. The largest absolute Gasteiger partial charge is 0.326 e. The van der Waals surface area contributed by atoms with E-state index in [0.29, 0.717) is 17.2 Å². The van der Waals surface area contributed by atoms with Crippen molar-refractivity contribution in [3.8, 4) is 0 Å². The van der Waals surface area contributed by atoms with Crippen LogP contribution < -0.4 is 5.32 Å². The van der Waals surface area contributed by atoms with Crippen molar-refractivity contribution in [2.75, 3.05) is 11.1 Å². The topological polar surface area (TPSA) is 46.2 Å². The normalized spacial score (nSPS) is 11.9. The Balaban J connectivity index is 1.78.